The van der Waals surface area contributed by atoms with Crippen LogP contribution in [-0.4, -0.2) is 49.8 Å². The number of carboxylic acid groups (broad SMARTS) is 1. The monoisotopic (exact) mass is 504 g/mol. The number of carbonyl (C=O) groups excluding carboxylic acids is 1. The third-order valence-corrected chi connectivity index (χ3v) is 8.84. The van der Waals surface area contributed by atoms with Crippen molar-refractivity contribution >= 4 is 57.0 Å². The van der Waals surface area contributed by atoms with Crippen LogP contribution in [-0.2, 0) is 16.1 Å². The average molecular weight is 505 g/mol. The van der Waals surface area contributed by atoms with Crippen LogP contribution in [0.25, 0.3) is 10.4 Å². The number of fused-ring (bicyclic) bond motifs is 2. The van der Waals surface area contributed by atoms with Crippen LogP contribution in [0.15, 0.2) is 47.5 Å². The summed E-state index contributed by atoms with van der Waals surface area (Å²) in [5.74, 6) is -2.18. The standard InChI is InChI=1S/C23H22ClN3O4S2/c1-11-16(19(23(30)31)27-18(11)17(12(2)28)20(27)29)15-9-26-10-25(21(32-3)22(26)33-15)8-13-4-6-14(24)7-5-13/h4-7,9-12,17-18,28H,8H2,1-3H3/p+1/t11-,12+,17+,18+/m0/s1. The van der Waals surface area contributed by atoms with Crippen LogP contribution < -0.4 is 4.57 Å². The van der Waals surface area contributed by atoms with Crippen molar-refractivity contribution in [1.82, 2.24) is 9.30 Å². The van der Waals surface area contributed by atoms with Gasteiger partial charge in [-0.2, -0.15) is 4.40 Å². The zero-order valence-electron chi connectivity index (χ0n) is 18.2. The van der Waals surface area contributed by atoms with E-state index in [-0.39, 0.29) is 23.6 Å². The molecule has 4 heterocycles. The second-order valence-electron chi connectivity index (χ2n) is 8.51. The van der Waals surface area contributed by atoms with E-state index in [1.807, 2.05) is 54.4 Å². The number of rotatable bonds is 6. The number of aromatic nitrogens is 2. The third-order valence-electron chi connectivity index (χ3n) is 6.50. The number of aliphatic carboxylic acids is 1. The topological polar surface area (TPSA) is 86.1 Å². The van der Waals surface area contributed by atoms with Crippen molar-refractivity contribution in [2.24, 2.45) is 11.8 Å². The molecule has 7 nitrogen and oxygen atoms in total. The zero-order valence-corrected chi connectivity index (χ0v) is 20.6. The lowest BCUT2D eigenvalue weighted by atomic mass is 9.77. The molecule has 0 aliphatic carbocycles. The first-order chi connectivity index (χ1) is 15.7. The number of benzene rings is 1. The predicted molar refractivity (Wildman–Crippen MR) is 127 cm³/mol. The van der Waals surface area contributed by atoms with Crippen molar-refractivity contribution in [2.75, 3.05) is 6.26 Å². The molecule has 2 aromatic heterocycles. The summed E-state index contributed by atoms with van der Waals surface area (Å²) in [6.45, 7) is 4.22. The molecule has 2 N–H and O–H groups in total. The van der Waals surface area contributed by atoms with Gasteiger partial charge < -0.3 is 15.1 Å². The molecule has 3 aromatic rings. The fraction of sp³-hybridized carbons (Fsp3) is 0.348. The van der Waals surface area contributed by atoms with Crippen LogP contribution in [0.3, 0.4) is 0 Å². The lowest BCUT2D eigenvalue weighted by Crippen LogP contribution is -2.63. The second-order valence-corrected chi connectivity index (χ2v) is 10.8. The minimum absolute atomic E-state index is 0.0404. The molecule has 0 radical (unpaired) electrons. The molecule has 0 saturated carbocycles. The third kappa shape index (κ3) is 3.41. The summed E-state index contributed by atoms with van der Waals surface area (Å²) in [5, 5.41) is 21.8. The van der Waals surface area contributed by atoms with Gasteiger partial charge in [-0.3, -0.25) is 4.79 Å². The highest BCUT2D eigenvalue weighted by Gasteiger charge is 2.60. The maximum Gasteiger partial charge on any atom is 0.352 e. The van der Waals surface area contributed by atoms with Crippen molar-refractivity contribution in [3.05, 3.63) is 57.9 Å². The van der Waals surface area contributed by atoms with Crippen LogP contribution in [0.5, 0.6) is 0 Å². The van der Waals surface area contributed by atoms with E-state index in [0.29, 0.717) is 17.1 Å². The zero-order chi connectivity index (χ0) is 23.6. The number of thioether (sulfide) groups is 1. The average Bonchev–Trinajstić information content (AvgIpc) is 3.36. The Morgan fingerprint density at radius 1 is 1.33 bits per heavy atom. The van der Waals surface area contributed by atoms with Gasteiger partial charge in [0.1, 0.15) is 18.4 Å². The summed E-state index contributed by atoms with van der Waals surface area (Å²) in [4.78, 5) is 28.0. The van der Waals surface area contributed by atoms with Gasteiger partial charge in [0.15, 0.2) is 0 Å². The molecule has 172 valence electrons. The number of amides is 1. The smallest absolute Gasteiger partial charge is 0.352 e. The molecule has 0 bridgehead atoms. The van der Waals surface area contributed by atoms with E-state index in [2.05, 4.69) is 4.57 Å². The lowest BCUT2D eigenvalue weighted by Gasteiger charge is -2.46. The first-order valence-corrected chi connectivity index (χ1v) is 13.0. The van der Waals surface area contributed by atoms with Gasteiger partial charge in [-0.25, -0.2) is 9.36 Å². The maximum absolute atomic E-state index is 12.6. The van der Waals surface area contributed by atoms with Gasteiger partial charge in [-0.1, -0.05) is 53.8 Å². The van der Waals surface area contributed by atoms with Gasteiger partial charge in [0.05, 0.1) is 22.9 Å². The molecule has 0 unspecified atom stereocenters. The Kier molecular flexibility index (Phi) is 5.55. The minimum atomic E-state index is -1.11. The Hall–Kier alpha value is -2.33. The summed E-state index contributed by atoms with van der Waals surface area (Å²) < 4.78 is 4.18. The molecule has 5 rings (SSSR count). The molecule has 2 aliphatic rings. The molecular weight excluding hydrogens is 482 g/mol. The Bertz CT molecular complexity index is 1310. The molecule has 10 heteroatoms. The van der Waals surface area contributed by atoms with Crippen LogP contribution >= 0.6 is 34.7 Å². The van der Waals surface area contributed by atoms with E-state index in [1.165, 1.54) is 16.2 Å². The quantitative estimate of drug-likeness (QED) is 0.305. The molecule has 1 saturated heterocycles. The molecule has 1 amide bonds. The molecule has 2 aliphatic heterocycles. The molecule has 33 heavy (non-hydrogen) atoms. The highest BCUT2D eigenvalue weighted by Crippen LogP contribution is 2.51. The van der Waals surface area contributed by atoms with Crippen LogP contribution in [0.1, 0.15) is 24.3 Å². The van der Waals surface area contributed by atoms with E-state index in [9.17, 15) is 19.8 Å². The summed E-state index contributed by atoms with van der Waals surface area (Å²) in [5.41, 5.74) is 1.83. The van der Waals surface area contributed by atoms with Gasteiger partial charge in [-0.15, -0.1) is 0 Å². The Labute approximate surface area is 203 Å². The SMILES string of the molecule is CSc1c2sc(C3=C(C(=O)O)N4C(=O)[C@H]([C@@H](C)O)[C@H]4[C@H]3C)cn2c[n+]1Cc1ccc(Cl)cc1. The van der Waals surface area contributed by atoms with Crippen LogP contribution in [0, 0.1) is 11.8 Å². The maximum atomic E-state index is 12.6. The summed E-state index contributed by atoms with van der Waals surface area (Å²) >= 11 is 9.17. The summed E-state index contributed by atoms with van der Waals surface area (Å²) in [6, 6.07) is 7.43. The number of hydrogen-bond acceptors (Lipinski definition) is 5. The first-order valence-electron chi connectivity index (χ1n) is 10.5. The normalized spacial score (nSPS) is 23.2. The number of carboxylic acids is 1. The largest absolute Gasteiger partial charge is 0.477 e. The van der Waals surface area contributed by atoms with Gasteiger partial charge >= 0.3 is 5.97 Å². The van der Waals surface area contributed by atoms with Crippen molar-refractivity contribution in [3.8, 4) is 0 Å². The first kappa shape index (κ1) is 22.5. The Morgan fingerprint density at radius 2 is 2.03 bits per heavy atom. The predicted octanol–water partition coefficient (Wildman–Crippen LogP) is 3.37. The number of hydrogen-bond donors (Lipinski definition) is 2. The van der Waals surface area contributed by atoms with Crippen molar-refractivity contribution < 1.29 is 24.4 Å². The molecule has 0 spiro atoms. The van der Waals surface area contributed by atoms with Gasteiger partial charge in [0.2, 0.25) is 15.8 Å². The van der Waals surface area contributed by atoms with E-state index in [1.54, 1.807) is 18.7 Å². The molecule has 1 fully saturated rings. The molecule has 4 atom stereocenters. The van der Waals surface area contributed by atoms with Gasteiger partial charge in [0.25, 0.3) is 6.33 Å². The fourth-order valence-electron chi connectivity index (χ4n) is 5.05. The number of thiazole rings is 1. The van der Waals surface area contributed by atoms with Crippen molar-refractivity contribution in [3.63, 3.8) is 0 Å². The number of halogens is 1. The summed E-state index contributed by atoms with van der Waals surface area (Å²) in [7, 11) is 0. The van der Waals surface area contributed by atoms with E-state index >= 15 is 0 Å². The fourth-order valence-corrected chi connectivity index (χ4v) is 7.36. The molecule has 1 aromatic carbocycles. The highest BCUT2D eigenvalue weighted by atomic mass is 35.5. The number of aliphatic hydroxyl groups excluding tert-OH is 1. The highest BCUT2D eigenvalue weighted by molar-refractivity contribution is 7.98. The second kappa shape index (κ2) is 8.16. The molecular formula is C23H23ClN3O4S2+. The van der Waals surface area contributed by atoms with Gasteiger partial charge in [-0.05, 0) is 30.9 Å². The number of β-lactam (4-membered cyclic amide) rings is 1. The van der Waals surface area contributed by atoms with E-state index in [0.717, 1.165) is 20.3 Å². The van der Waals surface area contributed by atoms with Crippen molar-refractivity contribution in [2.45, 2.75) is 37.6 Å². The van der Waals surface area contributed by atoms with Gasteiger partial charge in [0, 0.05) is 16.5 Å². The van der Waals surface area contributed by atoms with E-state index in [4.69, 9.17) is 11.6 Å². The van der Waals surface area contributed by atoms with Crippen molar-refractivity contribution in [1.29, 1.82) is 0 Å². The number of nitrogens with zero attached hydrogens (tertiary/aromatic N) is 3. The lowest BCUT2D eigenvalue weighted by molar-refractivity contribution is -0.721. The minimum Gasteiger partial charge on any atom is -0.477 e. The Balaban J connectivity index is 1.55. The summed E-state index contributed by atoms with van der Waals surface area (Å²) in [6.07, 6.45) is 5.16. The number of aliphatic hydroxyl groups is 1. The van der Waals surface area contributed by atoms with E-state index < -0.39 is 18.0 Å². The number of imidazole rings is 1. The van der Waals surface area contributed by atoms with Crippen LogP contribution in [0.2, 0.25) is 5.02 Å². The van der Waals surface area contributed by atoms with Crippen LogP contribution in [0.4, 0.5) is 0 Å². The Morgan fingerprint density at radius 3 is 2.64 bits per heavy atom. The number of carbonyl (C=O) groups is 2.